The molecule has 0 saturated carbocycles. The van der Waals surface area contributed by atoms with E-state index in [-0.39, 0.29) is 12.4 Å². The molecule has 0 spiro atoms. The van der Waals surface area contributed by atoms with Gasteiger partial charge in [-0.3, -0.25) is 4.79 Å². The predicted molar refractivity (Wildman–Crippen MR) is 124 cm³/mol. The number of carbonyl (C=O) groups is 2. The Balaban J connectivity index is 1.47. The Kier molecular flexibility index (Phi) is 6.54. The number of fused-ring (bicyclic) bond motifs is 3. The molecule has 4 rings (SSSR count). The van der Waals surface area contributed by atoms with Crippen molar-refractivity contribution >= 4 is 39.8 Å². The normalized spacial score (nSPS) is 11.1. The van der Waals surface area contributed by atoms with E-state index in [1.165, 1.54) is 13.3 Å². The predicted octanol–water partition coefficient (Wildman–Crippen LogP) is 4.30. The lowest BCUT2D eigenvalue weighted by molar-refractivity contribution is -0.142. The number of ether oxygens (including phenoxy) is 3. The Morgan fingerprint density at radius 3 is 2.67 bits per heavy atom. The van der Waals surface area contributed by atoms with Gasteiger partial charge in [0.1, 0.15) is 5.58 Å². The molecule has 8 nitrogen and oxygen atoms in total. The molecular weight excluding hydrogens is 424 g/mol. The molecule has 33 heavy (non-hydrogen) atoms. The van der Waals surface area contributed by atoms with Crippen molar-refractivity contribution in [2.45, 2.75) is 6.92 Å². The number of amides is 1. The zero-order valence-corrected chi connectivity index (χ0v) is 18.2. The number of nitrogens with zero attached hydrogens (tertiary/aromatic N) is 1. The molecule has 1 aromatic heterocycles. The molecule has 0 bridgehead atoms. The Morgan fingerprint density at radius 1 is 1.00 bits per heavy atom. The van der Waals surface area contributed by atoms with Crippen LogP contribution in [0.4, 0.5) is 0 Å². The Bertz CT molecular complexity index is 1340. The van der Waals surface area contributed by atoms with Gasteiger partial charge in [-0.2, -0.15) is 5.10 Å². The molecule has 1 heterocycles. The molecule has 0 atom stereocenters. The summed E-state index contributed by atoms with van der Waals surface area (Å²) in [5.74, 6) is 0.0535. The molecule has 3 aromatic carbocycles. The van der Waals surface area contributed by atoms with Gasteiger partial charge in [-0.25, -0.2) is 10.2 Å². The fraction of sp³-hybridized carbons (Fsp3) is 0.160. The SMILES string of the molecule is CCOc1cc(/C=N/NC(=O)c2cc3c(ccc4ccccc43)o2)ccc1OCC(=O)OC. The fourth-order valence-electron chi connectivity index (χ4n) is 3.31. The first-order valence-electron chi connectivity index (χ1n) is 10.3. The van der Waals surface area contributed by atoms with Gasteiger partial charge in [-0.05, 0) is 53.6 Å². The maximum Gasteiger partial charge on any atom is 0.343 e. The minimum atomic E-state index is -0.496. The molecular formula is C25H22N2O6. The van der Waals surface area contributed by atoms with Crippen molar-refractivity contribution < 1.29 is 28.2 Å². The third-order valence-electron chi connectivity index (χ3n) is 4.87. The number of carbonyl (C=O) groups excluding carboxylic acids is 2. The van der Waals surface area contributed by atoms with Crippen LogP contribution in [0.3, 0.4) is 0 Å². The van der Waals surface area contributed by atoms with Crippen LogP contribution in [0.2, 0.25) is 0 Å². The van der Waals surface area contributed by atoms with E-state index in [9.17, 15) is 9.59 Å². The lowest BCUT2D eigenvalue weighted by atomic mass is 10.1. The number of benzene rings is 3. The Hall–Kier alpha value is -4.33. The van der Waals surface area contributed by atoms with Crippen LogP contribution in [0.5, 0.6) is 11.5 Å². The van der Waals surface area contributed by atoms with Crippen LogP contribution in [0.25, 0.3) is 21.7 Å². The van der Waals surface area contributed by atoms with Crippen LogP contribution >= 0.6 is 0 Å². The number of nitrogens with one attached hydrogen (secondary N) is 1. The molecule has 0 aliphatic heterocycles. The van der Waals surface area contributed by atoms with Crippen molar-refractivity contribution in [3.8, 4) is 11.5 Å². The molecule has 1 N–H and O–H groups in total. The van der Waals surface area contributed by atoms with Crippen molar-refractivity contribution in [3.05, 3.63) is 72.0 Å². The van der Waals surface area contributed by atoms with E-state index < -0.39 is 11.9 Å². The number of rotatable bonds is 8. The van der Waals surface area contributed by atoms with E-state index in [1.807, 2.05) is 43.3 Å². The highest BCUT2D eigenvalue weighted by molar-refractivity contribution is 6.08. The first kappa shape index (κ1) is 21.9. The van der Waals surface area contributed by atoms with E-state index in [2.05, 4.69) is 15.3 Å². The molecule has 0 aliphatic rings. The average molecular weight is 446 g/mol. The lowest BCUT2D eigenvalue weighted by Crippen LogP contribution is -2.16. The van der Waals surface area contributed by atoms with Crippen LogP contribution in [0, 0.1) is 0 Å². The van der Waals surface area contributed by atoms with Gasteiger partial charge in [0.15, 0.2) is 23.9 Å². The molecule has 0 aliphatic carbocycles. The van der Waals surface area contributed by atoms with Gasteiger partial charge >= 0.3 is 11.9 Å². The Labute approximate surface area is 189 Å². The van der Waals surface area contributed by atoms with Crippen molar-refractivity contribution in [1.82, 2.24) is 5.43 Å². The largest absolute Gasteiger partial charge is 0.490 e. The van der Waals surface area contributed by atoms with E-state index in [0.717, 1.165) is 16.2 Å². The van der Waals surface area contributed by atoms with E-state index >= 15 is 0 Å². The summed E-state index contributed by atoms with van der Waals surface area (Å²) in [6.07, 6.45) is 1.47. The topological polar surface area (TPSA) is 99.4 Å². The summed E-state index contributed by atoms with van der Waals surface area (Å²) in [7, 11) is 1.29. The van der Waals surface area contributed by atoms with Crippen LogP contribution in [-0.2, 0) is 9.53 Å². The van der Waals surface area contributed by atoms with Crippen LogP contribution in [-0.4, -0.2) is 38.4 Å². The highest BCUT2D eigenvalue weighted by Crippen LogP contribution is 2.29. The first-order chi connectivity index (χ1) is 16.1. The zero-order chi connectivity index (χ0) is 23.2. The second-order valence-corrected chi connectivity index (χ2v) is 7.01. The summed E-state index contributed by atoms with van der Waals surface area (Å²) in [5, 5.41) is 6.96. The standard InChI is InChI=1S/C25H22N2O6/c1-3-31-22-12-16(8-10-21(22)32-15-24(28)30-2)14-26-27-25(29)23-13-19-18-7-5-4-6-17(18)9-11-20(19)33-23/h4-14H,3,15H2,1-2H3,(H,27,29)/b26-14+. The van der Waals surface area contributed by atoms with Gasteiger partial charge in [0, 0.05) is 5.39 Å². The minimum absolute atomic E-state index is 0.167. The summed E-state index contributed by atoms with van der Waals surface area (Å²) in [6, 6.07) is 18.5. The molecule has 1 amide bonds. The molecule has 0 fully saturated rings. The van der Waals surface area contributed by atoms with Crippen molar-refractivity contribution in [2.75, 3.05) is 20.3 Å². The third kappa shape index (κ3) is 4.95. The van der Waals surface area contributed by atoms with Gasteiger partial charge in [0.25, 0.3) is 0 Å². The first-order valence-corrected chi connectivity index (χ1v) is 10.3. The van der Waals surface area contributed by atoms with Crippen molar-refractivity contribution in [1.29, 1.82) is 0 Å². The number of hydrogen-bond acceptors (Lipinski definition) is 7. The molecule has 4 aromatic rings. The lowest BCUT2D eigenvalue weighted by Gasteiger charge is -2.11. The summed E-state index contributed by atoms with van der Waals surface area (Å²) in [6.45, 7) is 2.02. The number of methoxy groups -OCH3 is 1. The maximum absolute atomic E-state index is 12.5. The van der Waals surface area contributed by atoms with Crippen LogP contribution < -0.4 is 14.9 Å². The van der Waals surface area contributed by atoms with Crippen LogP contribution in [0.1, 0.15) is 23.0 Å². The zero-order valence-electron chi connectivity index (χ0n) is 18.2. The van der Waals surface area contributed by atoms with E-state index in [1.54, 1.807) is 24.3 Å². The smallest absolute Gasteiger partial charge is 0.343 e. The average Bonchev–Trinajstić information content (AvgIpc) is 3.28. The number of hydrogen-bond donors (Lipinski definition) is 1. The highest BCUT2D eigenvalue weighted by Gasteiger charge is 2.13. The van der Waals surface area contributed by atoms with Gasteiger partial charge in [-0.15, -0.1) is 0 Å². The minimum Gasteiger partial charge on any atom is -0.490 e. The van der Waals surface area contributed by atoms with Gasteiger partial charge < -0.3 is 18.6 Å². The van der Waals surface area contributed by atoms with Crippen molar-refractivity contribution in [2.24, 2.45) is 5.10 Å². The van der Waals surface area contributed by atoms with Gasteiger partial charge in [0.2, 0.25) is 0 Å². The molecule has 0 saturated heterocycles. The van der Waals surface area contributed by atoms with E-state index in [0.29, 0.717) is 29.3 Å². The monoisotopic (exact) mass is 446 g/mol. The molecule has 0 unspecified atom stereocenters. The summed E-state index contributed by atoms with van der Waals surface area (Å²) in [4.78, 5) is 23.8. The number of esters is 1. The molecule has 0 radical (unpaired) electrons. The quantitative estimate of drug-likeness (QED) is 0.246. The van der Waals surface area contributed by atoms with Gasteiger partial charge in [-0.1, -0.05) is 30.3 Å². The van der Waals surface area contributed by atoms with Gasteiger partial charge in [0.05, 0.1) is 19.9 Å². The molecule has 8 heteroatoms. The van der Waals surface area contributed by atoms with Crippen LogP contribution in [0.15, 0.2) is 70.2 Å². The number of hydrazone groups is 1. The maximum atomic E-state index is 12.5. The van der Waals surface area contributed by atoms with E-state index in [4.69, 9.17) is 13.9 Å². The Morgan fingerprint density at radius 2 is 1.85 bits per heavy atom. The van der Waals surface area contributed by atoms with Crippen molar-refractivity contribution in [3.63, 3.8) is 0 Å². The second-order valence-electron chi connectivity index (χ2n) is 7.01. The number of furan rings is 1. The molecule has 168 valence electrons. The summed E-state index contributed by atoms with van der Waals surface area (Å²) < 4.78 is 21.3. The highest BCUT2D eigenvalue weighted by atomic mass is 16.6. The third-order valence-corrected chi connectivity index (χ3v) is 4.87. The fourth-order valence-corrected chi connectivity index (χ4v) is 3.31. The summed E-state index contributed by atoms with van der Waals surface area (Å²) >= 11 is 0. The second kappa shape index (κ2) is 9.86. The summed E-state index contributed by atoms with van der Waals surface area (Å²) in [5.41, 5.74) is 3.77.